The molecule has 7 atom stereocenters. The Morgan fingerprint density at radius 2 is 1.75 bits per heavy atom. The molecule has 0 aliphatic heterocycles. The zero-order chi connectivity index (χ0) is 8.52. The predicted octanol–water partition coefficient (Wildman–Crippen LogP) is 2.93. The summed E-state index contributed by atoms with van der Waals surface area (Å²) in [4.78, 5) is 0. The summed E-state index contributed by atoms with van der Waals surface area (Å²) < 4.78 is 0. The van der Waals surface area contributed by atoms with Crippen LogP contribution in [0.5, 0.6) is 0 Å². The maximum atomic E-state index is 2.57. The van der Waals surface area contributed by atoms with Gasteiger partial charge < -0.3 is 0 Å². The van der Waals surface area contributed by atoms with Crippen molar-refractivity contribution < 1.29 is 0 Å². The van der Waals surface area contributed by atoms with E-state index in [1.165, 1.54) is 18.3 Å². The second-order valence-electron chi connectivity index (χ2n) is 6.48. The molecule has 0 amide bonds. The van der Waals surface area contributed by atoms with Gasteiger partial charge in [-0.25, -0.2) is 0 Å². The molecule has 0 N–H and O–H groups in total. The zero-order valence-corrected chi connectivity index (χ0v) is 8.52. The van der Waals surface area contributed by atoms with E-state index in [0.717, 1.165) is 28.1 Å². The molecule has 0 aromatic carbocycles. The zero-order valence-electron chi connectivity index (χ0n) is 8.52. The maximum absolute atomic E-state index is 2.57. The third-order valence-electron chi connectivity index (χ3n) is 7.10. The Kier molecular flexibility index (Phi) is 0.616. The molecule has 0 saturated heterocycles. The highest BCUT2D eigenvalue weighted by molar-refractivity contribution is 5.49. The topological polar surface area (TPSA) is 0 Å². The van der Waals surface area contributed by atoms with Gasteiger partial charge in [-0.05, 0) is 46.3 Å². The first-order chi connectivity index (χ1) is 5.52. The van der Waals surface area contributed by atoms with E-state index in [9.17, 15) is 0 Å². The Hall–Kier alpha value is 0. The van der Waals surface area contributed by atoms with E-state index in [4.69, 9.17) is 0 Å². The van der Waals surface area contributed by atoms with Crippen molar-refractivity contribution >= 4 is 0 Å². The maximum Gasteiger partial charge on any atom is -0.0167 e. The number of hydrogen-bond donors (Lipinski definition) is 0. The van der Waals surface area contributed by atoms with Crippen LogP contribution in [0.4, 0.5) is 0 Å². The van der Waals surface area contributed by atoms with Crippen LogP contribution in [0.1, 0.15) is 34.1 Å². The van der Waals surface area contributed by atoms with Gasteiger partial charge in [-0.1, -0.05) is 27.7 Å². The first kappa shape index (κ1) is 6.45. The highest BCUT2D eigenvalue weighted by Crippen LogP contribution is 3.07. The Balaban J connectivity index is 1.98. The van der Waals surface area contributed by atoms with Crippen LogP contribution in [0.2, 0.25) is 0 Å². The van der Waals surface area contributed by atoms with Crippen LogP contribution in [0.25, 0.3) is 0 Å². The molecule has 1 spiro atoms. The Bertz CT molecular complexity index is 301. The highest BCUT2D eigenvalue weighted by atomic mass is 15.1. The normalized spacial score (nSPS) is 87.0. The lowest BCUT2D eigenvalue weighted by Crippen LogP contribution is -2.62. The monoisotopic (exact) mass is 162 g/mol. The lowest BCUT2D eigenvalue weighted by molar-refractivity contribution is -0.197. The summed E-state index contributed by atoms with van der Waals surface area (Å²) in [5.41, 5.74) is 2.43. The fraction of sp³-hybridized carbons (Fsp3) is 1.00. The van der Waals surface area contributed by atoms with Crippen molar-refractivity contribution in [2.45, 2.75) is 34.1 Å². The van der Waals surface area contributed by atoms with Crippen LogP contribution in [0, 0.1) is 39.9 Å². The molecule has 4 aliphatic carbocycles. The summed E-state index contributed by atoms with van der Waals surface area (Å²) in [7, 11) is 0. The van der Waals surface area contributed by atoms with E-state index in [2.05, 4.69) is 27.7 Å². The molecule has 66 valence electrons. The second kappa shape index (κ2) is 1.14. The van der Waals surface area contributed by atoms with Crippen LogP contribution in [-0.4, -0.2) is 0 Å². The molecule has 12 heavy (non-hydrogen) atoms. The predicted molar refractivity (Wildman–Crippen MR) is 48.6 cm³/mol. The highest BCUT2D eigenvalue weighted by Gasteiger charge is 3.03. The molecule has 0 nitrogen and oxygen atoms in total. The molecule has 0 heteroatoms. The smallest absolute Gasteiger partial charge is 0.0167 e. The molecule has 0 bridgehead atoms. The quantitative estimate of drug-likeness (QED) is 0.514. The van der Waals surface area contributed by atoms with Crippen molar-refractivity contribution in [3.05, 3.63) is 0 Å². The van der Waals surface area contributed by atoms with E-state index in [1.807, 2.05) is 0 Å². The van der Waals surface area contributed by atoms with Crippen LogP contribution in [-0.2, 0) is 0 Å². The lowest BCUT2D eigenvalue weighted by Gasteiger charge is -2.67. The van der Waals surface area contributed by atoms with Gasteiger partial charge in [-0.2, -0.15) is 0 Å². The fourth-order valence-electron chi connectivity index (χ4n) is 6.73. The largest absolute Gasteiger partial charge is 0.0619 e. The van der Waals surface area contributed by atoms with Crippen molar-refractivity contribution in [3.8, 4) is 0 Å². The van der Waals surface area contributed by atoms with Crippen molar-refractivity contribution in [1.82, 2.24) is 0 Å². The summed E-state index contributed by atoms with van der Waals surface area (Å²) >= 11 is 0. The number of fused-ring (bicyclic) bond motifs is 1. The van der Waals surface area contributed by atoms with Crippen molar-refractivity contribution in [2.75, 3.05) is 0 Å². The molecule has 4 saturated carbocycles. The molecule has 0 aromatic heterocycles. The summed E-state index contributed by atoms with van der Waals surface area (Å²) in [5, 5.41) is 0. The minimum atomic E-state index is 0.774. The van der Waals surface area contributed by atoms with Crippen LogP contribution in [0.15, 0.2) is 0 Å². The Morgan fingerprint density at radius 3 is 2.08 bits per heavy atom. The van der Waals surface area contributed by atoms with Gasteiger partial charge in [0.2, 0.25) is 0 Å². The molecule has 7 unspecified atom stereocenters. The van der Waals surface area contributed by atoms with Gasteiger partial charge in [0.05, 0.1) is 0 Å². The van der Waals surface area contributed by atoms with Crippen LogP contribution >= 0.6 is 0 Å². The Morgan fingerprint density at radius 1 is 1.08 bits per heavy atom. The fourth-order valence-corrected chi connectivity index (χ4v) is 6.73. The van der Waals surface area contributed by atoms with Crippen molar-refractivity contribution in [1.29, 1.82) is 0 Å². The van der Waals surface area contributed by atoms with E-state index >= 15 is 0 Å². The first-order valence-corrected chi connectivity index (χ1v) is 5.52. The van der Waals surface area contributed by atoms with Crippen molar-refractivity contribution in [2.24, 2.45) is 39.9 Å². The average Bonchev–Trinajstić information content (AvgIpc) is 2.55. The minimum Gasteiger partial charge on any atom is -0.0619 e. The van der Waals surface area contributed by atoms with Gasteiger partial charge in [0.25, 0.3) is 0 Å². The lowest BCUT2D eigenvalue weighted by atomic mass is 9.37. The van der Waals surface area contributed by atoms with E-state index in [1.54, 1.807) is 0 Å². The summed E-state index contributed by atoms with van der Waals surface area (Å²) in [6.45, 7) is 10.2. The third-order valence-corrected chi connectivity index (χ3v) is 7.10. The van der Waals surface area contributed by atoms with Gasteiger partial charge in [0, 0.05) is 0 Å². The molecular formula is C12H18. The SMILES string of the molecule is CC1CC2(C)C3C4C13C(C)C42C. The molecular weight excluding hydrogens is 144 g/mol. The molecule has 0 heterocycles. The molecule has 0 radical (unpaired) electrons. The number of hydrogen-bond acceptors (Lipinski definition) is 0. The molecule has 4 rings (SSSR count). The summed E-state index contributed by atoms with van der Waals surface area (Å²) in [6, 6.07) is 0. The van der Waals surface area contributed by atoms with Gasteiger partial charge in [0.15, 0.2) is 0 Å². The number of rotatable bonds is 0. The first-order valence-electron chi connectivity index (χ1n) is 5.52. The van der Waals surface area contributed by atoms with Crippen molar-refractivity contribution in [3.63, 3.8) is 0 Å². The third kappa shape index (κ3) is 0.241. The Labute approximate surface area is 74.7 Å². The molecule has 0 aromatic rings. The molecule has 4 fully saturated rings. The van der Waals surface area contributed by atoms with E-state index in [-0.39, 0.29) is 0 Å². The second-order valence-corrected chi connectivity index (χ2v) is 6.48. The van der Waals surface area contributed by atoms with Gasteiger partial charge in [0.1, 0.15) is 0 Å². The van der Waals surface area contributed by atoms with Crippen LogP contribution in [0.3, 0.4) is 0 Å². The summed E-state index contributed by atoms with van der Waals surface area (Å²) in [6.07, 6.45) is 1.54. The van der Waals surface area contributed by atoms with Gasteiger partial charge in [-0.15, -0.1) is 0 Å². The van der Waals surface area contributed by atoms with Gasteiger partial charge in [-0.3, -0.25) is 0 Å². The summed E-state index contributed by atoms with van der Waals surface area (Å²) in [5.74, 6) is 4.44. The van der Waals surface area contributed by atoms with E-state index < -0.39 is 0 Å². The average molecular weight is 162 g/mol. The van der Waals surface area contributed by atoms with E-state index in [0.29, 0.717) is 0 Å². The van der Waals surface area contributed by atoms with Gasteiger partial charge >= 0.3 is 0 Å². The minimum absolute atomic E-state index is 0.774. The standard InChI is InChI=1S/C12H18/c1-6-5-10(3)8-9-11(10,4)7(2)12(6,8)9/h6-9H,5H2,1-4H3. The van der Waals surface area contributed by atoms with Crippen LogP contribution < -0.4 is 0 Å². The molecule has 4 aliphatic rings.